The summed E-state index contributed by atoms with van der Waals surface area (Å²) >= 11 is 0. The second kappa shape index (κ2) is 9.82. The monoisotopic (exact) mass is 418 g/mol. The summed E-state index contributed by atoms with van der Waals surface area (Å²) in [5.74, 6) is 0.323. The summed E-state index contributed by atoms with van der Waals surface area (Å²) in [6.07, 6.45) is 4.38. The molecule has 1 aromatic rings. The smallest absolute Gasteiger partial charge is 0.341 e. The van der Waals surface area contributed by atoms with E-state index in [-0.39, 0.29) is 36.6 Å². The van der Waals surface area contributed by atoms with Gasteiger partial charge in [0, 0.05) is 0 Å². The van der Waals surface area contributed by atoms with Crippen molar-refractivity contribution in [3.63, 3.8) is 0 Å². The maximum Gasteiger partial charge on any atom is 0.341 e. The van der Waals surface area contributed by atoms with Crippen LogP contribution in [-0.4, -0.2) is 41.0 Å². The highest BCUT2D eigenvalue weighted by Gasteiger charge is 2.45. The van der Waals surface area contributed by atoms with E-state index in [0.717, 1.165) is 44.1 Å². The van der Waals surface area contributed by atoms with Gasteiger partial charge in [0.2, 0.25) is 0 Å². The molecule has 0 saturated heterocycles. The minimum absolute atomic E-state index is 0.0990. The van der Waals surface area contributed by atoms with Gasteiger partial charge in [-0.05, 0) is 73.5 Å². The number of fused-ring (bicyclic) bond motifs is 2. The summed E-state index contributed by atoms with van der Waals surface area (Å²) in [6, 6.07) is 5.83. The van der Waals surface area contributed by atoms with Crippen molar-refractivity contribution < 1.29 is 29.3 Å². The van der Waals surface area contributed by atoms with E-state index >= 15 is 0 Å². The van der Waals surface area contributed by atoms with Gasteiger partial charge in [0.15, 0.2) is 6.61 Å². The molecule has 0 aromatic heterocycles. The number of aliphatic carboxylic acids is 1. The number of carboxylic acids is 1. The molecule has 0 spiro atoms. The number of aliphatic hydroxyl groups is 1. The van der Waals surface area contributed by atoms with Crippen LogP contribution in [0.5, 0.6) is 5.75 Å². The number of rotatable bonds is 9. The highest BCUT2D eigenvalue weighted by molar-refractivity contribution is 5.71. The average molecular weight is 419 g/mol. The summed E-state index contributed by atoms with van der Waals surface area (Å²) in [4.78, 5) is 22.8. The Morgan fingerprint density at radius 2 is 2.00 bits per heavy atom. The number of carbonyl (C=O) groups is 2. The van der Waals surface area contributed by atoms with Crippen LogP contribution < -0.4 is 4.74 Å². The molecule has 2 aliphatic rings. The predicted molar refractivity (Wildman–Crippen MR) is 112 cm³/mol. The van der Waals surface area contributed by atoms with E-state index in [2.05, 4.69) is 6.07 Å². The first kappa shape index (κ1) is 22.6. The van der Waals surface area contributed by atoms with Crippen LogP contribution in [0.4, 0.5) is 0 Å². The lowest BCUT2D eigenvalue weighted by molar-refractivity contribution is -0.153. The van der Waals surface area contributed by atoms with Gasteiger partial charge in [0.1, 0.15) is 11.9 Å². The minimum Gasteiger partial charge on any atom is -0.482 e. The molecule has 3 rings (SSSR count). The molecule has 1 fully saturated rings. The summed E-state index contributed by atoms with van der Waals surface area (Å²) in [6.45, 7) is 5.37. The Morgan fingerprint density at radius 3 is 2.67 bits per heavy atom. The van der Waals surface area contributed by atoms with Crippen molar-refractivity contribution in [2.24, 2.45) is 23.7 Å². The molecule has 1 aromatic carbocycles. The van der Waals surface area contributed by atoms with Gasteiger partial charge < -0.3 is 19.7 Å². The fourth-order valence-corrected chi connectivity index (χ4v) is 5.10. The zero-order valence-electron chi connectivity index (χ0n) is 18.2. The van der Waals surface area contributed by atoms with E-state index in [1.54, 1.807) is 0 Å². The van der Waals surface area contributed by atoms with E-state index in [4.69, 9.17) is 14.6 Å². The number of aliphatic hydroxyl groups excluding tert-OH is 1. The number of carboxylic acid groups (broad SMARTS) is 1. The van der Waals surface area contributed by atoms with E-state index < -0.39 is 5.97 Å². The SMILES string of the molecule is CC[C@@H](CC[C@@H]1[C@H]2Cc3cccc(OCC(=O)O)c3C[C@H]2C[C@H]1O)OC(=O)C(C)C. The normalized spacial score (nSPS) is 26.0. The summed E-state index contributed by atoms with van der Waals surface area (Å²) in [7, 11) is 0. The van der Waals surface area contributed by atoms with Crippen molar-refractivity contribution in [2.45, 2.75) is 71.5 Å². The molecule has 0 unspecified atom stereocenters. The quantitative estimate of drug-likeness (QED) is 0.595. The van der Waals surface area contributed by atoms with Crippen molar-refractivity contribution in [1.29, 1.82) is 0 Å². The Labute approximate surface area is 178 Å². The largest absolute Gasteiger partial charge is 0.482 e. The number of carbonyl (C=O) groups excluding carboxylic acids is 1. The van der Waals surface area contributed by atoms with Crippen LogP contribution in [0.2, 0.25) is 0 Å². The maximum atomic E-state index is 11.9. The molecule has 6 nitrogen and oxygen atoms in total. The zero-order chi connectivity index (χ0) is 21.8. The van der Waals surface area contributed by atoms with Crippen LogP contribution in [-0.2, 0) is 27.2 Å². The molecule has 1 saturated carbocycles. The zero-order valence-corrected chi connectivity index (χ0v) is 18.2. The van der Waals surface area contributed by atoms with Crippen LogP contribution in [0.3, 0.4) is 0 Å². The number of ether oxygens (including phenoxy) is 2. The van der Waals surface area contributed by atoms with E-state index in [0.29, 0.717) is 17.6 Å². The molecule has 6 heteroatoms. The first-order chi connectivity index (χ1) is 14.3. The maximum absolute atomic E-state index is 11.9. The van der Waals surface area contributed by atoms with Crippen molar-refractivity contribution in [2.75, 3.05) is 6.61 Å². The lowest BCUT2D eigenvalue weighted by Crippen LogP contribution is -2.29. The lowest BCUT2D eigenvalue weighted by atomic mass is 9.73. The molecule has 5 atom stereocenters. The van der Waals surface area contributed by atoms with Gasteiger partial charge in [-0.1, -0.05) is 32.9 Å². The van der Waals surface area contributed by atoms with Crippen molar-refractivity contribution >= 4 is 11.9 Å². The van der Waals surface area contributed by atoms with Crippen molar-refractivity contribution in [1.82, 2.24) is 0 Å². The summed E-state index contributed by atoms with van der Waals surface area (Å²) in [5.41, 5.74) is 2.28. The minimum atomic E-state index is -0.985. The highest BCUT2D eigenvalue weighted by atomic mass is 16.5. The van der Waals surface area contributed by atoms with Crippen LogP contribution in [0.25, 0.3) is 0 Å². The highest BCUT2D eigenvalue weighted by Crippen LogP contribution is 2.48. The van der Waals surface area contributed by atoms with E-state index in [1.807, 2.05) is 32.9 Å². The van der Waals surface area contributed by atoms with Crippen LogP contribution >= 0.6 is 0 Å². The van der Waals surface area contributed by atoms with Crippen molar-refractivity contribution in [3.8, 4) is 5.75 Å². The molecular formula is C24H34O6. The molecule has 0 amide bonds. The van der Waals surface area contributed by atoms with Gasteiger partial charge in [0.25, 0.3) is 0 Å². The van der Waals surface area contributed by atoms with Gasteiger partial charge in [-0.15, -0.1) is 0 Å². The Balaban J connectivity index is 1.66. The second-order valence-corrected chi connectivity index (χ2v) is 9.07. The Kier molecular flexibility index (Phi) is 7.40. The number of esters is 1. The third kappa shape index (κ3) is 5.15. The molecule has 0 radical (unpaired) electrons. The first-order valence-corrected chi connectivity index (χ1v) is 11.1. The molecule has 2 N–H and O–H groups in total. The number of benzene rings is 1. The van der Waals surface area contributed by atoms with Gasteiger partial charge in [-0.2, -0.15) is 0 Å². The molecular weight excluding hydrogens is 384 g/mol. The topological polar surface area (TPSA) is 93.1 Å². The average Bonchev–Trinajstić information content (AvgIpc) is 3.01. The van der Waals surface area contributed by atoms with Gasteiger partial charge >= 0.3 is 11.9 Å². The van der Waals surface area contributed by atoms with E-state index in [9.17, 15) is 14.7 Å². The third-order valence-electron chi connectivity index (χ3n) is 6.73. The standard InChI is InChI=1S/C24H34O6/c1-4-17(30-24(28)14(2)3)8-9-18-19-10-15-6-5-7-22(29-13-23(26)27)20(15)11-16(19)12-21(18)25/h5-7,14,16-19,21,25H,4,8-13H2,1-3H3,(H,26,27)/t16-,17-,18+,19-,21+/m0/s1. The molecule has 30 heavy (non-hydrogen) atoms. The van der Waals surface area contributed by atoms with Gasteiger partial charge in [0.05, 0.1) is 12.0 Å². The second-order valence-electron chi connectivity index (χ2n) is 9.07. The van der Waals surface area contributed by atoms with Crippen LogP contribution in [0, 0.1) is 23.7 Å². The summed E-state index contributed by atoms with van der Waals surface area (Å²) in [5, 5.41) is 19.7. The molecule has 0 bridgehead atoms. The molecule has 0 heterocycles. The van der Waals surface area contributed by atoms with Crippen LogP contribution in [0.1, 0.15) is 57.6 Å². The number of hydrogen-bond acceptors (Lipinski definition) is 5. The Bertz CT molecular complexity index is 758. The molecule has 0 aliphatic heterocycles. The van der Waals surface area contributed by atoms with Crippen molar-refractivity contribution in [3.05, 3.63) is 29.3 Å². The Hall–Kier alpha value is -2.08. The van der Waals surface area contributed by atoms with E-state index in [1.165, 1.54) is 5.56 Å². The lowest BCUT2D eigenvalue weighted by Gasteiger charge is -2.32. The third-order valence-corrected chi connectivity index (χ3v) is 6.73. The van der Waals surface area contributed by atoms with Gasteiger partial charge in [-0.3, -0.25) is 4.79 Å². The fraction of sp³-hybridized carbons (Fsp3) is 0.667. The Morgan fingerprint density at radius 1 is 1.23 bits per heavy atom. The molecule has 2 aliphatic carbocycles. The predicted octanol–water partition coefficient (Wildman–Crippen LogP) is 3.62. The van der Waals surface area contributed by atoms with Gasteiger partial charge in [-0.25, -0.2) is 4.79 Å². The fourth-order valence-electron chi connectivity index (χ4n) is 5.10. The summed E-state index contributed by atoms with van der Waals surface area (Å²) < 4.78 is 11.1. The molecule has 166 valence electrons. The van der Waals surface area contributed by atoms with Crippen LogP contribution in [0.15, 0.2) is 18.2 Å². The first-order valence-electron chi connectivity index (χ1n) is 11.1. The number of hydrogen-bond donors (Lipinski definition) is 2.